The molecule has 1 aromatic carbocycles. The Balaban J connectivity index is 1.99. The fourth-order valence-electron chi connectivity index (χ4n) is 2.70. The zero-order valence-electron chi connectivity index (χ0n) is 11.8. The molecule has 1 fully saturated rings. The van der Waals surface area contributed by atoms with E-state index in [1.54, 1.807) is 0 Å². The highest BCUT2D eigenvalue weighted by molar-refractivity contribution is 5.19. The minimum Gasteiger partial charge on any atom is -0.374 e. The van der Waals surface area contributed by atoms with E-state index in [2.05, 4.69) is 56.4 Å². The summed E-state index contributed by atoms with van der Waals surface area (Å²) < 4.78 is 5.84. The van der Waals surface area contributed by atoms with E-state index in [0.717, 1.165) is 13.2 Å². The second kappa shape index (κ2) is 5.85. The third-order valence-electron chi connectivity index (χ3n) is 3.82. The Labute approximate surface area is 111 Å². The van der Waals surface area contributed by atoms with Gasteiger partial charge in [0.05, 0.1) is 5.60 Å². The Bertz CT molecular complexity index is 355. The molecule has 1 aliphatic rings. The quantitative estimate of drug-likeness (QED) is 0.859. The number of benzene rings is 1. The molecule has 1 aromatic rings. The van der Waals surface area contributed by atoms with E-state index < -0.39 is 0 Å². The summed E-state index contributed by atoms with van der Waals surface area (Å²) in [4.78, 5) is 0. The van der Waals surface area contributed by atoms with Gasteiger partial charge in [-0.25, -0.2) is 0 Å². The Morgan fingerprint density at radius 1 is 1.28 bits per heavy atom. The molecule has 0 spiro atoms. The fraction of sp³-hybridized carbons (Fsp3) is 0.625. The van der Waals surface area contributed by atoms with Crippen molar-refractivity contribution < 1.29 is 4.74 Å². The molecule has 2 rings (SSSR count). The van der Waals surface area contributed by atoms with Gasteiger partial charge in [0, 0.05) is 19.2 Å². The van der Waals surface area contributed by atoms with Crippen LogP contribution >= 0.6 is 0 Å². The Morgan fingerprint density at radius 2 is 2.00 bits per heavy atom. The van der Waals surface area contributed by atoms with Crippen LogP contribution in [-0.4, -0.2) is 18.8 Å². The van der Waals surface area contributed by atoms with E-state index in [9.17, 15) is 0 Å². The average Bonchev–Trinajstić information content (AvgIpc) is 2.78. The highest BCUT2D eigenvalue weighted by atomic mass is 16.5. The molecule has 2 atom stereocenters. The largest absolute Gasteiger partial charge is 0.374 e. The number of hydrogen-bond donors (Lipinski definition) is 1. The minimum absolute atomic E-state index is 0.0297. The summed E-state index contributed by atoms with van der Waals surface area (Å²) >= 11 is 0. The Morgan fingerprint density at radius 3 is 2.56 bits per heavy atom. The van der Waals surface area contributed by atoms with Gasteiger partial charge in [-0.05, 0) is 31.2 Å². The molecular formula is C16H25NO. The summed E-state index contributed by atoms with van der Waals surface area (Å²) in [5, 5.41) is 3.69. The lowest BCUT2D eigenvalue weighted by Gasteiger charge is -2.29. The van der Waals surface area contributed by atoms with Gasteiger partial charge in [-0.15, -0.1) is 0 Å². The molecule has 100 valence electrons. The van der Waals surface area contributed by atoms with Crippen LogP contribution in [0.1, 0.15) is 45.2 Å². The topological polar surface area (TPSA) is 21.3 Å². The molecule has 2 nitrogen and oxygen atoms in total. The van der Waals surface area contributed by atoms with Gasteiger partial charge in [0.15, 0.2) is 0 Å². The maximum absolute atomic E-state index is 5.84. The summed E-state index contributed by atoms with van der Waals surface area (Å²) in [6.07, 6.45) is 2.36. The first kappa shape index (κ1) is 13.6. The second-order valence-corrected chi connectivity index (χ2v) is 5.92. The summed E-state index contributed by atoms with van der Waals surface area (Å²) in [6.45, 7) is 8.60. The van der Waals surface area contributed by atoms with E-state index in [-0.39, 0.29) is 5.60 Å². The molecule has 18 heavy (non-hydrogen) atoms. The maximum Gasteiger partial charge on any atom is 0.0779 e. The van der Waals surface area contributed by atoms with Gasteiger partial charge in [0.1, 0.15) is 0 Å². The molecule has 1 aliphatic heterocycles. The van der Waals surface area contributed by atoms with Gasteiger partial charge in [-0.3, -0.25) is 0 Å². The van der Waals surface area contributed by atoms with Gasteiger partial charge in [0.2, 0.25) is 0 Å². The van der Waals surface area contributed by atoms with Crippen LogP contribution in [-0.2, 0) is 4.74 Å². The Hall–Kier alpha value is -0.860. The number of rotatable bonds is 5. The number of nitrogens with one attached hydrogen (secondary N) is 1. The van der Waals surface area contributed by atoms with Crippen LogP contribution in [0.15, 0.2) is 30.3 Å². The predicted octanol–water partition coefficient (Wildman–Crippen LogP) is 3.54. The molecule has 0 bridgehead atoms. The van der Waals surface area contributed by atoms with Crippen LogP contribution in [0.2, 0.25) is 0 Å². The standard InChI is InChI=1S/C16H25NO/c1-13(2)15(14-8-5-4-6-9-14)17-12-16(3)10-7-11-18-16/h4-6,8-9,13,15,17H,7,10-12H2,1-3H3. The molecule has 2 heteroatoms. The van der Waals surface area contributed by atoms with Crippen molar-refractivity contribution in [1.82, 2.24) is 5.32 Å². The van der Waals surface area contributed by atoms with Gasteiger partial charge < -0.3 is 10.1 Å². The number of hydrogen-bond acceptors (Lipinski definition) is 2. The van der Waals surface area contributed by atoms with Crippen molar-refractivity contribution >= 4 is 0 Å². The summed E-state index contributed by atoms with van der Waals surface area (Å²) in [6, 6.07) is 11.1. The molecule has 1 heterocycles. The van der Waals surface area contributed by atoms with Gasteiger partial charge in [-0.1, -0.05) is 44.2 Å². The first-order valence-electron chi connectivity index (χ1n) is 7.03. The summed E-state index contributed by atoms with van der Waals surface area (Å²) in [5.74, 6) is 0.581. The lowest BCUT2D eigenvalue weighted by atomic mass is 9.94. The monoisotopic (exact) mass is 247 g/mol. The van der Waals surface area contributed by atoms with Gasteiger partial charge in [-0.2, -0.15) is 0 Å². The normalized spacial score (nSPS) is 25.6. The molecule has 0 aliphatic carbocycles. The predicted molar refractivity (Wildman–Crippen MR) is 75.6 cm³/mol. The van der Waals surface area contributed by atoms with E-state index in [4.69, 9.17) is 4.74 Å². The summed E-state index contributed by atoms with van der Waals surface area (Å²) in [5.41, 5.74) is 1.40. The van der Waals surface area contributed by atoms with Crippen LogP contribution in [0.4, 0.5) is 0 Å². The lowest BCUT2D eigenvalue weighted by Crippen LogP contribution is -2.40. The smallest absolute Gasteiger partial charge is 0.0779 e. The van der Waals surface area contributed by atoms with E-state index in [1.807, 2.05) is 0 Å². The van der Waals surface area contributed by atoms with Gasteiger partial charge >= 0.3 is 0 Å². The zero-order chi connectivity index (χ0) is 13.0. The van der Waals surface area contributed by atoms with Crippen LogP contribution in [0, 0.1) is 5.92 Å². The first-order chi connectivity index (χ1) is 8.61. The highest BCUT2D eigenvalue weighted by Gasteiger charge is 2.30. The van der Waals surface area contributed by atoms with Crippen molar-refractivity contribution in [2.75, 3.05) is 13.2 Å². The van der Waals surface area contributed by atoms with Crippen molar-refractivity contribution in [2.45, 2.75) is 45.3 Å². The van der Waals surface area contributed by atoms with Gasteiger partial charge in [0.25, 0.3) is 0 Å². The zero-order valence-corrected chi connectivity index (χ0v) is 11.8. The van der Waals surface area contributed by atoms with Crippen LogP contribution in [0.5, 0.6) is 0 Å². The SMILES string of the molecule is CC(C)C(NCC1(C)CCCO1)c1ccccc1. The molecule has 0 saturated carbocycles. The molecule has 0 radical (unpaired) electrons. The maximum atomic E-state index is 5.84. The van der Waals surface area contributed by atoms with Crippen molar-refractivity contribution in [3.8, 4) is 0 Å². The van der Waals surface area contributed by atoms with Crippen molar-refractivity contribution in [3.63, 3.8) is 0 Å². The van der Waals surface area contributed by atoms with Crippen LogP contribution in [0.3, 0.4) is 0 Å². The molecule has 0 amide bonds. The first-order valence-corrected chi connectivity index (χ1v) is 7.03. The second-order valence-electron chi connectivity index (χ2n) is 5.92. The van der Waals surface area contributed by atoms with Crippen molar-refractivity contribution in [1.29, 1.82) is 0 Å². The van der Waals surface area contributed by atoms with Crippen LogP contribution < -0.4 is 5.32 Å². The van der Waals surface area contributed by atoms with Crippen LogP contribution in [0.25, 0.3) is 0 Å². The van der Waals surface area contributed by atoms with Crippen molar-refractivity contribution in [3.05, 3.63) is 35.9 Å². The third-order valence-corrected chi connectivity index (χ3v) is 3.82. The molecule has 0 aromatic heterocycles. The van der Waals surface area contributed by atoms with Crippen molar-refractivity contribution in [2.24, 2.45) is 5.92 Å². The van der Waals surface area contributed by atoms with E-state index in [1.165, 1.54) is 18.4 Å². The molecule has 1 N–H and O–H groups in total. The fourth-order valence-corrected chi connectivity index (χ4v) is 2.70. The van der Waals surface area contributed by atoms with E-state index in [0.29, 0.717) is 12.0 Å². The highest BCUT2D eigenvalue weighted by Crippen LogP contribution is 2.27. The molecular weight excluding hydrogens is 222 g/mol. The average molecular weight is 247 g/mol. The lowest BCUT2D eigenvalue weighted by molar-refractivity contribution is 0.0175. The Kier molecular flexibility index (Phi) is 4.41. The minimum atomic E-state index is 0.0297. The number of ether oxygens (including phenoxy) is 1. The molecule has 2 unspecified atom stereocenters. The van der Waals surface area contributed by atoms with E-state index >= 15 is 0 Å². The molecule has 1 saturated heterocycles. The summed E-state index contributed by atoms with van der Waals surface area (Å²) in [7, 11) is 0. The third kappa shape index (κ3) is 3.33.